The number of rotatable bonds is 7. The Morgan fingerprint density at radius 3 is 2.89 bits per heavy atom. The van der Waals surface area contributed by atoms with Crippen LogP contribution in [0, 0.1) is 0 Å². The molecule has 138 valence electrons. The van der Waals surface area contributed by atoms with Crippen molar-refractivity contribution < 1.29 is 5.11 Å². The molecule has 0 amide bonds. The number of nitrogens with one attached hydrogen (secondary N) is 2. The number of aliphatic hydroxyl groups excluding tert-OH is 1. The summed E-state index contributed by atoms with van der Waals surface area (Å²) in [5, 5.41) is 23.7. The number of aromatic nitrogens is 7. The Bertz CT molecular complexity index is 1060. The summed E-state index contributed by atoms with van der Waals surface area (Å²) >= 11 is 0. The van der Waals surface area contributed by atoms with Crippen molar-refractivity contribution in [3.63, 3.8) is 0 Å². The van der Waals surface area contributed by atoms with Crippen LogP contribution < -0.4 is 10.6 Å². The molecule has 0 aromatic carbocycles. The first-order valence-corrected chi connectivity index (χ1v) is 8.48. The highest BCUT2D eigenvalue weighted by Crippen LogP contribution is 2.22. The topological polar surface area (TPSA) is 118 Å². The van der Waals surface area contributed by atoms with Gasteiger partial charge < -0.3 is 15.7 Å². The third kappa shape index (κ3) is 3.55. The highest BCUT2D eigenvalue weighted by molar-refractivity contribution is 5.65. The highest BCUT2D eigenvalue weighted by Gasteiger charge is 2.10. The predicted octanol–water partition coefficient (Wildman–Crippen LogP) is 1.03. The Balaban J connectivity index is 1.56. The van der Waals surface area contributed by atoms with Gasteiger partial charge >= 0.3 is 0 Å². The minimum atomic E-state index is 0.0346. The minimum Gasteiger partial charge on any atom is -0.394 e. The SMILES string of the molecule is CNc1ncc(-c2cnn(CCO)c2)nc1NCc1ccn2nccc2n1. The minimum absolute atomic E-state index is 0.0346. The average molecular weight is 365 g/mol. The van der Waals surface area contributed by atoms with E-state index in [0.717, 1.165) is 16.9 Å². The van der Waals surface area contributed by atoms with E-state index in [1.54, 1.807) is 34.8 Å². The zero-order valence-electron chi connectivity index (χ0n) is 14.7. The van der Waals surface area contributed by atoms with Crippen molar-refractivity contribution in [2.75, 3.05) is 24.3 Å². The van der Waals surface area contributed by atoms with E-state index in [1.165, 1.54) is 0 Å². The maximum absolute atomic E-state index is 9.02. The fourth-order valence-electron chi connectivity index (χ4n) is 2.68. The molecule has 0 atom stereocenters. The fourth-order valence-corrected chi connectivity index (χ4v) is 2.68. The van der Waals surface area contributed by atoms with Gasteiger partial charge in [0.2, 0.25) is 0 Å². The van der Waals surface area contributed by atoms with Crippen molar-refractivity contribution in [3.8, 4) is 11.3 Å². The first-order chi connectivity index (χ1) is 13.3. The molecule has 0 aliphatic carbocycles. The van der Waals surface area contributed by atoms with Crippen molar-refractivity contribution in [1.29, 1.82) is 0 Å². The van der Waals surface area contributed by atoms with Crippen LogP contribution in [0.1, 0.15) is 5.69 Å². The number of hydrogen-bond acceptors (Lipinski definition) is 8. The Morgan fingerprint density at radius 2 is 2.04 bits per heavy atom. The second kappa shape index (κ2) is 7.38. The van der Waals surface area contributed by atoms with Gasteiger partial charge in [0.05, 0.1) is 49.7 Å². The molecule has 4 aromatic heterocycles. The summed E-state index contributed by atoms with van der Waals surface area (Å²) in [5.41, 5.74) is 3.19. The normalized spacial score (nSPS) is 11.0. The molecule has 0 radical (unpaired) electrons. The highest BCUT2D eigenvalue weighted by atomic mass is 16.3. The third-order valence-corrected chi connectivity index (χ3v) is 4.02. The number of fused-ring (bicyclic) bond motifs is 1. The van der Waals surface area contributed by atoms with Gasteiger partial charge in [-0.2, -0.15) is 10.2 Å². The zero-order chi connectivity index (χ0) is 18.6. The molecule has 0 saturated heterocycles. The van der Waals surface area contributed by atoms with E-state index < -0.39 is 0 Å². The number of aliphatic hydroxyl groups is 1. The standard InChI is InChI=1S/C17H19N9O/c1-18-16-17(19-9-13-3-5-26-15(23-13)2-4-21-26)24-14(10-20-16)12-8-22-25(11-12)6-7-27/h2-5,8,10-11,27H,6-7,9H2,1H3,(H,18,20)(H,19,24). The maximum Gasteiger partial charge on any atom is 0.170 e. The van der Waals surface area contributed by atoms with Crippen LogP contribution in [0.15, 0.2) is 43.1 Å². The van der Waals surface area contributed by atoms with Gasteiger partial charge in [-0.15, -0.1) is 0 Å². The average Bonchev–Trinajstić information content (AvgIpc) is 3.35. The molecule has 4 rings (SSSR count). The van der Waals surface area contributed by atoms with Gasteiger partial charge in [-0.25, -0.2) is 19.5 Å². The molecule has 0 spiro atoms. The first kappa shape index (κ1) is 16.9. The molecule has 4 heterocycles. The predicted molar refractivity (Wildman–Crippen MR) is 100 cm³/mol. The summed E-state index contributed by atoms with van der Waals surface area (Å²) in [6.07, 6.45) is 8.81. The molecule has 3 N–H and O–H groups in total. The van der Waals surface area contributed by atoms with Crippen LogP contribution in [-0.4, -0.2) is 53.1 Å². The molecule has 27 heavy (non-hydrogen) atoms. The van der Waals surface area contributed by atoms with Crippen LogP contribution in [-0.2, 0) is 13.1 Å². The molecule has 0 saturated carbocycles. The van der Waals surface area contributed by atoms with Crippen molar-refractivity contribution in [2.24, 2.45) is 0 Å². The number of anilines is 2. The van der Waals surface area contributed by atoms with Gasteiger partial charge in [-0.05, 0) is 6.07 Å². The van der Waals surface area contributed by atoms with Gasteiger partial charge in [-0.1, -0.05) is 0 Å². The van der Waals surface area contributed by atoms with Crippen molar-refractivity contribution in [2.45, 2.75) is 13.1 Å². The lowest BCUT2D eigenvalue weighted by Gasteiger charge is -2.11. The summed E-state index contributed by atoms with van der Waals surface area (Å²) in [6.45, 7) is 0.973. The van der Waals surface area contributed by atoms with E-state index in [0.29, 0.717) is 30.4 Å². The third-order valence-electron chi connectivity index (χ3n) is 4.02. The Morgan fingerprint density at radius 1 is 1.11 bits per heavy atom. The van der Waals surface area contributed by atoms with Crippen LogP contribution in [0.2, 0.25) is 0 Å². The molecule has 0 aliphatic rings. The van der Waals surface area contributed by atoms with Crippen LogP contribution in [0.4, 0.5) is 11.6 Å². The van der Waals surface area contributed by atoms with Gasteiger partial charge in [0, 0.05) is 31.1 Å². The summed E-state index contributed by atoms with van der Waals surface area (Å²) in [7, 11) is 1.80. The van der Waals surface area contributed by atoms with E-state index in [2.05, 4.69) is 35.8 Å². The first-order valence-electron chi connectivity index (χ1n) is 8.48. The number of hydrogen-bond donors (Lipinski definition) is 3. The van der Waals surface area contributed by atoms with Crippen LogP contribution >= 0.6 is 0 Å². The molecule has 0 fully saturated rings. The Kier molecular flexibility index (Phi) is 4.62. The van der Waals surface area contributed by atoms with Crippen LogP contribution in [0.25, 0.3) is 16.9 Å². The lowest BCUT2D eigenvalue weighted by atomic mass is 10.2. The van der Waals surface area contributed by atoms with E-state index in [4.69, 9.17) is 5.11 Å². The van der Waals surface area contributed by atoms with Crippen LogP contribution in [0.5, 0.6) is 0 Å². The fraction of sp³-hybridized carbons (Fsp3) is 0.235. The van der Waals surface area contributed by atoms with Crippen molar-refractivity contribution in [1.82, 2.24) is 34.3 Å². The van der Waals surface area contributed by atoms with Crippen LogP contribution in [0.3, 0.4) is 0 Å². The lowest BCUT2D eigenvalue weighted by molar-refractivity contribution is 0.269. The van der Waals surface area contributed by atoms with E-state index >= 15 is 0 Å². The van der Waals surface area contributed by atoms with E-state index in [9.17, 15) is 0 Å². The van der Waals surface area contributed by atoms with Gasteiger partial charge in [-0.3, -0.25) is 4.68 Å². The van der Waals surface area contributed by atoms with Gasteiger partial charge in [0.1, 0.15) is 0 Å². The molecule has 0 bridgehead atoms. The molecule has 0 aliphatic heterocycles. The molecular weight excluding hydrogens is 346 g/mol. The second-order valence-electron chi connectivity index (χ2n) is 5.82. The molecule has 4 aromatic rings. The summed E-state index contributed by atoms with van der Waals surface area (Å²) in [4.78, 5) is 13.6. The van der Waals surface area contributed by atoms with Crippen molar-refractivity contribution in [3.05, 3.63) is 48.8 Å². The lowest BCUT2D eigenvalue weighted by Crippen LogP contribution is -2.08. The van der Waals surface area contributed by atoms with Gasteiger partial charge in [0.15, 0.2) is 17.3 Å². The molecule has 10 heteroatoms. The summed E-state index contributed by atoms with van der Waals surface area (Å²) in [5.74, 6) is 1.27. The van der Waals surface area contributed by atoms with Crippen molar-refractivity contribution >= 4 is 17.3 Å². The largest absolute Gasteiger partial charge is 0.394 e. The number of nitrogens with zero attached hydrogens (tertiary/aromatic N) is 7. The second-order valence-corrected chi connectivity index (χ2v) is 5.82. The molecule has 0 unspecified atom stereocenters. The molecular formula is C17H19N9O. The van der Waals surface area contributed by atoms with Gasteiger partial charge in [0.25, 0.3) is 0 Å². The summed E-state index contributed by atoms with van der Waals surface area (Å²) < 4.78 is 3.38. The Hall–Kier alpha value is -3.53. The summed E-state index contributed by atoms with van der Waals surface area (Å²) in [6, 6.07) is 3.76. The quantitative estimate of drug-likeness (QED) is 0.444. The monoisotopic (exact) mass is 365 g/mol. The molecule has 10 nitrogen and oxygen atoms in total. The Labute approximate surface area is 154 Å². The van der Waals surface area contributed by atoms with E-state index in [-0.39, 0.29) is 6.61 Å². The zero-order valence-corrected chi connectivity index (χ0v) is 14.7. The van der Waals surface area contributed by atoms with E-state index in [1.807, 2.05) is 24.5 Å². The maximum atomic E-state index is 9.02. The smallest absolute Gasteiger partial charge is 0.170 e.